The van der Waals surface area contributed by atoms with Crippen molar-refractivity contribution in [2.75, 3.05) is 6.54 Å². The molecular weight excluding hydrogens is 206 g/mol. The summed E-state index contributed by atoms with van der Waals surface area (Å²) in [6, 6.07) is 4.24. The molecule has 0 aromatic carbocycles. The summed E-state index contributed by atoms with van der Waals surface area (Å²) in [5.74, 6) is 0. The van der Waals surface area contributed by atoms with Crippen LogP contribution in [-0.2, 0) is 13.1 Å². The predicted octanol–water partition coefficient (Wildman–Crippen LogP) is 2.10. The number of rotatable bonds is 5. The van der Waals surface area contributed by atoms with Gasteiger partial charge >= 0.3 is 0 Å². The summed E-state index contributed by atoms with van der Waals surface area (Å²) in [6.07, 6.45) is 3.82. The summed E-state index contributed by atoms with van der Waals surface area (Å²) in [7, 11) is 0. The molecular formula is C11H15N3S. The van der Waals surface area contributed by atoms with Gasteiger partial charge in [0.15, 0.2) is 0 Å². The van der Waals surface area contributed by atoms with Crippen molar-refractivity contribution in [3.63, 3.8) is 0 Å². The first-order valence-corrected chi connectivity index (χ1v) is 6.00. The third-order valence-electron chi connectivity index (χ3n) is 2.26. The van der Waals surface area contributed by atoms with Crippen molar-refractivity contribution in [2.24, 2.45) is 0 Å². The Balaban J connectivity index is 2.04. The molecule has 0 amide bonds. The van der Waals surface area contributed by atoms with Gasteiger partial charge in [0.1, 0.15) is 0 Å². The van der Waals surface area contributed by atoms with E-state index in [1.54, 1.807) is 11.3 Å². The second kappa shape index (κ2) is 5.09. The maximum absolute atomic E-state index is 4.18. The van der Waals surface area contributed by atoms with Gasteiger partial charge in [-0.25, -0.2) is 4.98 Å². The molecule has 0 spiro atoms. The van der Waals surface area contributed by atoms with E-state index >= 15 is 0 Å². The minimum Gasteiger partial charge on any atom is -0.328 e. The van der Waals surface area contributed by atoms with Crippen LogP contribution in [0.4, 0.5) is 0 Å². The zero-order chi connectivity index (χ0) is 10.5. The molecule has 0 bridgehead atoms. The smallest absolute Gasteiger partial charge is 0.0952 e. The lowest BCUT2D eigenvalue weighted by Gasteiger charge is -2.06. The van der Waals surface area contributed by atoms with Crippen LogP contribution in [0, 0.1) is 0 Å². The molecule has 0 aliphatic heterocycles. The summed E-state index contributed by atoms with van der Waals surface area (Å²) in [5.41, 5.74) is 1.24. The number of aromatic nitrogens is 2. The highest BCUT2D eigenvalue weighted by atomic mass is 32.1. The number of thiophene rings is 1. The van der Waals surface area contributed by atoms with Gasteiger partial charge in [-0.2, -0.15) is 0 Å². The van der Waals surface area contributed by atoms with Gasteiger partial charge in [0.2, 0.25) is 0 Å². The van der Waals surface area contributed by atoms with Crippen molar-refractivity contribution in [1.29, 1.82) is 0 Å². The van der Waals surface area contributed by atoms with Gasteiger partial charge in [-0.1, -0.05) is 13.0 Å². The number of hydrogen-bond acceptors (Lipinski definition) is 3. The van der Waals surface area contributed by atoms with Gasteiger partial charge in [0.05, 0.1) is 18.6 Å². The summed E-state index contributed by atoms with van der Waals surface area (Å²) in [5, 5.41) is 5.42. The Bertz CT molecular complexity index is 392. The lowest BCUT2D eigenvalue weighted by Crippen LogP contribution is -2.15. The van der Waals surface area contributed by atoms with Crippen LogP contribution in [0.25, 0.3) is 0 Å². The first-order valence-electron chi connectivity index (χ1n) is 5.12. The fraction of sp³-hybridized carbons (Fsp3) is 0.364. The third kappa shape index (κ3) is 2.67. The van der Waals surface area contributed by atoms with E-state index in [1.165, 1.54) is 10.6 Å². The third-order valence-corrected chi connectivity index (χ3v) is 3.12. The molecule has 2 aromatic heterocycles. The van der Waals surface area contributed by atoms with Gasteiger partial charge < -0.3 is 9.88 Å². The standard InChI is InChI=1S/C11H15N3S/c1-2-12-6-10-7-13-9-14(10)8-11-4-3-5-15-11/h3-5,7,9,12H,2,6,8H2,1H3. The zero-order valence-electron chi connectivity index (χ0n) is 8.81. The molecule has 0 aliphatic carbocycles. The van der Waals surface area contributed by atoms with Crippen LogP contribution in [0.3, 0.4) is 0 Å². The molecule has 0 atom stereocenters. The van der Waals surface area contributed by atoms with Crippen molar-refractivity contribution in [3.05, 3.63) is 40.6 Å². The molecule has 0 aliphatic rings. The Morgan fingerprint density at radius 2 is 2.47 bits per heavy atom. The minimum atomic E-state index is 0.891. The molecule has 15 heavy (non-hydrogen) atoms. The minimum absolute atomic E-state index is 0.891. The van der Waals surface area contributed by atoms with Crippen LogP contribution in [0.2, 0.25) is 0 Å². The van der Waals surface area contributed by atoms with E-state index < -0.39 is 0 Å². The topological polar surface area (TPSA) is 29.9 Å². The summed E-state index contributed by atoms with van der Waals surface area (Å²) in [4.78, 5) is 5.55. The molecule has 0 fully saturated rings. The second-order valence-corrected chi connectivity index (χ2v) is 4.40. The highest BCUT2D eigenvalue weighted by Crippen LogP contribution is 2.11. The lowest BCUT2D eigenvalue weighted by atomic mass is 10.4. The molecule has 1 N–H and O–H groups in total. The summed E-state index contributed by atoms with van der Waals surface area (Å²) in [6.45, 7) is 4.92. The number of hydrogen-bond donors (Lipinski definition) is 1. The van der Waals surface area contributed by atoms with Gasteiger partial charge in [-0.3, -0.25) is 0 Å². The van der Waals surface area contributed by atoms with Crippen LogP contribution in [0.15, 0.2) is 30.0 Å². The maximum atomic E-state index is 4.18. The molecule has 0 unspecified atom stereocenters. The van der Waals surface area contributed by atoms with Crippen LogP contribution < -0.4 is 5.32 Å². The zero-order valence-corrected chi connectivity index (χ0v) is 9.63. The van der Waals surface area contributed by atoms with Crippen LogP contribution in [0.5, 0.6) is 0 Å². The van der Waals surface area contributed by atoms with Gasteiger partial charge in [0, 0.05) is 17.6 Å². The average Bonchev–Trinajstić information content (AvgIpc) is 2.87. The molecule has 80 valence electrons. The van der Waals surface area contributed by atoms with E-state index in [0.717, 1.165) is 19.6 Å². The first-order chi connectivity index (χ1) is 7.40. The number of nitrogens with one attached hydrogen (secondary N) is 1. The molecule has 0 saturated heterocycles. The Hall–Kier alpha value is -1.13. The number of nitrogens with zero attached hydrogens (tertiary/aromatic N) is 2. The van der Waals surface area contributed by atoms with Crippen LogP contribution in [0.1, 0.15) is 17.5 Å². The van der Waals surface area contributed by atoms with E-state index in [-0.39, 0.29) is 0 Å². The van der Waals surface area contributed by atoms with E-state index in [4.69, 9.17) is 0 Å². The summed E-state index contributed by atoms with van der Waals surface area (Å²) >= 11 is 1.78. The highest BCUT2D eigenvalue weighted by Gasteiger charge is 2.02. The van der Waals surface area contributed by atoms with E-state index in [0.29, 0.717) is 0 Å². The molecule has 3 nitrogen and oxygen atoms in total. The van der Waals surface area contributed by atoms with Gasteiger partial charge in [-0.05, 0) is 18.0 Å². The van der Waals surface area contributed by atoms with E-state index in [9.17, 15) is 0 Å². The molecule has 2 aromatic rings. The van der Waals surface area contributed by atoms with Crippen molar-refractivity contribution < 1.29 is 0 Å². The second-order valence-electron chi connectivity index (χ2n) is 3.37. The van der Waals surface area contributed by atoms with E-state index in [2.05, 4.69) is 39.3 Å². The Labute approximate surface area is 93.8 Å². The Morgan fingerprint density at radius 3 is 3.20 bits per heavy atom. The average molecular weight is 221 g/mol. The van der Waals surface area contributed by atoms with Crippen molar-refractivity contribution in [1.82, 2.24) is 14.9 Å². The maximum Gasteiger partial charge on any atom is 0.0952 e. The SMILES string of the molecule is CCNCc1cncn1Cc1cccs1. The Kier molecular flexibility index (Phi) is 3.53. The van der Waals surface area contributed by atoms with E-state index in [1.807, 2.05) is 12.5 Å². The van der Waals surface area contributed by atoms with Crippen molar-refractivity contribution in [3.8, 4) is 0 Å². The lowest BCUT2D eigenvalue weighted by molar-refractivity contribution is 0.660. The van der Waals surface area contributed by atoms with Crippen LogP contribution in [-0.4, -0.2) is 16.1 Å². The normalized spacial score (nSPS) is 10.7. The molecule has 0 saturated carbocycles. The largest absolute Gasteiger partial charge is 0.328 e. The summed E-state index contributed by atoms with van der Waals surface area (Å²) < 4.78 is 2.19. The Morgan fingerprint density at radius 1 is 1.53 bits per heavy atom. The van der Waals surface area contributed by atoms with Gasteiger partial charge in [-0.15, -0.1) is 11.3 Å². The van der Waals surface area contributed by atoms with Crippen molar-refractivity contribution >= 4 is 11.3 Å². The van der Waals surface area contributed by atoms with Crippen molar-refractivity contribution in [2.45, 2.75) is 20.0 Å². The fourth-order valence-electron chi connectivity index (χ4n) is 1.46. The fourth-order valence-corrected chi connectivity index (χ4v) is 2.16. The highest BCUT2D eigenvalue weighted by molar-refractivity contribution is 7.09. The first kappa shape index (κ1) is 10.4. The molecule has 0 radical (unpaired) electrons. The quantitative estimate of drug-likeness (QED) is 0.838. The molecule has 2 rings (SSSR count). The molecule has 4 heteroatoms. The van der Waals surface area contributed by atoms with Gasteiger partial charge in [0.25, 0.3) is 0 Å². The molecule has 2 heterocycles. The monoisotopic (exact) mass is 221 g/mol. The predicted molar refractivity (Wildman–Crippen MR) is 63.0 cm³/mol. The van der Waals surface area contributed by atoms with Crippen LogP contribution >= 0.6 is 11.3 Å². The number of imidazole rings is 1.